The molecule has 2 aliphatic heterocycles. The molecule has 1 aromatic rings. The van der Waals surface area contributed by atoms with Crippen molar-refractivity contribution in [2.75, 3.05) is 27.1 Å². The van der Waals surface area contributed by atoms with Crippen molar-refractivity contribution in [1.29, 1.82) is 0 Å². The van der Waals surface area contributed by atoms with Crippen LogP contribution >= 0.6 is 15.9 Å². The largest absolute Gasteiger partial charge is 0.460 e. The molecule has 4 rings (SSSR count). The van der Waals surface area contributed by atoms with Gasteiger partial charge >= 0.3 is 5.97 Å². The van der Waals surface area contributed by atoms with Crippen LogP contribution in [0.2, 0.25) is 0 Å². The fourth-order valence-electron chi connectivity index (χ4n) is 4.47. The van der Waals surface area contributed by atoms with E-state index in [0.717, 1.165) is 22.2 Å². The number of fused-ring (bicyclic) bond motifs is 1. The van der Waals surface area contributed by atoms with Gasteiger partial charge in [-0.05, 0) is 36.5 Å². The van der Waals surface area contributed by atoms with E-state index in [1.807, 2.05) is 19.1 Å². The third kappa shape index (κ3) is 4.11. The number of esters is 1. The van der Waals surface area contributed by atoms with Crippen LogP contribution in [-0.2, 0) is 19.1 Å². The van der Waals surface area contributed by atoms with Gasteiger partial charge in [0.1, 0.15) is 6.61 Å². The third-order valence-electron chi connectivity index (χ3n) is 5.78. The standard InChI is InChI=1S/C23H26BrNO6/c1-12-19(22(27)29-6-5-28-4)20(13-7-17-18(8-14(13)24)31-11-30-17)21-15(25-12)9-23(2,3)10-16(21)26/h7-8,20,25H,5-6,9-11H2,1-4H3/t20-/m1/s1. The Morgan fingerprint density at radius 1 is 1.23 bits per heavy atom. The molecule has 7 nitrogen and oxygen atoms in total. The van der Waals surface area contributed by atoms with E-state index in [1.54, 1.807) is 7.11 Å². The zero-order valence-corrected chi connectivity index (χ0v) is 19.7. The maximum Gasteiger partial charge on any atom is 0.336 e. The van der Waals surface area contributed by atoms with Crippen LogP contribution in [0, 0.1) is 5.41 Å². The summed E-state index contributed by atoms with van der Waals surface area (Å²) >= 11 is 3.62. The summed E-state index contributed by atoms with van der Waals surface area (Å²) in [5, 5.41) is 3.33. The molecule has 1 aromatic carbocycles. The van der Waals surface area contributed by atoms with Crippen LogP contribution in [0.25, 0.3) is 0 Å². The lowest BCUT2D eigenvalue weighted by molar-refractivity contribution is -0.140. The third-order valence-corrected chi connectivity index (χ3v) is 6.47. The lowest BCUT2D eigenvalue weighted by Crippen LogP contribution is -2.38. The van der Waals surface area contributed by atoms with Crippen molar-refractivity contribution in [2.24, 2.45) is 5.41 Å². The summed E-state index contributed by atoms with van der Waals surface area (Å²) in [6.45, 7) is 6.57. The molecule has 8 heteroatoms. The number of hydrogen-bond donors (Lipinski definition) is 1. The van der Waals surface area contributed by atoms with Gasteiger partial charge in [0.15, 0.2) is 17.3 Å². The molecule has 0 unspecified atom stereocenters. The van der Waals surface area contributed by atoms with E-state index in [1.165, 1.54) is 0 Å². The zero-order valence-electron chi connectivity index (χ0n) is 18.1. The Morgan fingerprint density at radius 2 is 1.94 bits per heavy atom. The fraction of sp³-hybridized carbons (Fsp3) is 0.478. The Morgan fingerprint density at radius 3 is 2.65 bits per heavy atom. The Hall–Kier alpha value is -2.32. The summed E-state index contributed by atoms with van der Waals surface area (Å²) < 4.78 is 22.3. The zero-order chi connectivity index (χ0) is 22.3. The van der Waals surface area contributed by atoms with Gasteiger partial charge in [-0.15, -0.1) is 0 Å². The highest BCUT2D eigenvalue weighted by molar-refractivity contribution is 9.10. The molecule has 1 aliphatic carbocycles. The van der Waals surface area contributed by atoms with Crippen LogP contribution in [0.1, 0.15) is 45.1 Å². The van der Waals surface area contributed by atoms with E-state index < -0.39 is 11.9 Å². The summed E-state index contributed by atoms with van der Waals surface area (Å²) in [4.78, 5) is 26.5. The van der Waals surface area contributed by atoms with Crippen molar-refractivity contribution in [3.05, 3.63) is 44.7 Å². The summed E-state index contributed by atoms with van der Waals surface area (Å²) in [7, 11) is 1.55. The van der Waals surface area contributed by atoms with E-state index in [0.29, 0.717) is 41.4 Å². The van der Waals surface area contributed by atoms with E-state index in [4.69, 9.17) is 18.9 Å². The van der Waals surface area contributed by atoms with E-state index in [2.05, 4.69) is 35.1 Å². The minimum Gasteiger partial charge on any atom is -0.460 e. The lowest BCUT2D eigenvalue weighted by Gasteiger charge is -2.39. The number of dihydropyridines is 1. The molecule has 2 heterocycles. The topological polar surface area (TPSA) is 83.1 Å². The number of methoxy groups -OCH3 is 1. The van der Waals surface area contributed by atoms with Gasteiger partial charge in [0.05, 0.1) is 12.2 Å². The summed E-state index contributed by atoms with van der Waals surface area (Å²) in [6.07, 6.45) is 1.13. The number of allylic oxidation sites excluding steroid dienone is 3. The van der Waals surface area contributed by atoms with Gasteiger partial charge in [0.25, 0.3) is 0 Å². The Kier molecular flexibility index (Phi) is 5.87. The van der Waals surface area contributed by atoms with Crippen molar-refractivity contribution in [3.8, 4) is 11.5 Å². The predicted octanol–water partition coefficient (Wildman–Crippen LogP) is 3.97. The molecule has 3 aliphatic rings. The minimum absolute atomic E-state index is 0.0306. The molecule has 0 fully saturated rings. The number of carbonyl (C=O) groups is 2. The summed E-state index contributed by atoms with van der Waals surface area (Å²) in [5.74, 6) is 0.203. The van der Waals surface area contributed by atoms with Crippen molar-refractivity contribution in [2.45, 2.75) is 39.5 Å². The number of ketones is 1. The minimum atomic E-state index is -0.571. The van der Waals surface area contributed by atoms with Gasteiger partial charge in [-0.3, -0.25) is 4.79 Å². The number of nitrogens with one attached hydrogen (secondary N) is 1. The highest BCUT2D eigenvalue weighted by Gasteiger charge is 2.44. The molecule has 0 spiro atoms. The van der Waals surface area contributed by atoms with E-state index in [-0.39, 0.29) is 24.6 Å². The Labute approximate surface area is 189 Å². The van der Waals surface area contributed by atoms with Gasteiger partial charge in [-0.1, -0.05) is 29.8 Å². The van der Waals surface area contributed by atoms with Crippen molar-refractivity contribution >= 4 is 27.7 Å². The fourth-order valence-corrected chi connectivity index (χ4v) is 5.02. The molecule has 31 heavy (non-hydrogen) atoms. The van der Waals surface area contributed by atoms with E-state index in [9.17, 15) is 9.59 Å². The first-order chi connectivity index (χ1) is 14.7. The second-order valence-electron chi connectivity index (χ2n) is 8.79. The summed E-state index contributed by atoms with van der Waals surface area (Å²) in [5.41, 5.74) is 3.19. The molecular formula is C23H26BrNO6. The first-order valence-electron chi connectivity index (χ1n) is 10.2. The Bertz CT molecular complexity index is 1010. The average Bonchev–Trinajstić information content (AvgIpc) is 3.12. The summed E-state index contributed by atoms with van der Waals surface area (Å²) in [6, 6.07) is 3.66. The molecule has 0 saturated heterocycles. The predicted molar refractivity (Wildman–Crippen MR) is 117 cm³/mol. The first kappa shape index (κ1) is 21.9. The van der Waals surface area contributed by atoms with Gasteiger partial charge in [0, 0.05) is 40.9 Å². The van der Waals surface area contributed by atoms with E-state index >= 15 is 0 Å². The quantitative estimate of drug-likeness (QED) is 0.492. The molecule has 0 bridgehead atoms. The maximum atomic E-state index is 13.3. The SMILES string of the molecule is COCCOC(=O)C1=C(C)NC2=C(C(=O)CC(C)(C)C2)[C@@H]1c1cc2c(cc1Br)OCO2. The normalized spacial score (nSPS) is 21.7. The number of Topliss-reactive ketones (excluding diaryl/α,β-unsaturated/α-hetero) is 1. The second-order valence-corrected chi connectivity index (χ2v) is 9.64. The van der Waals surface area contributed by atoms with Gasteiger partial charge in [0.2, 0.25) is 6.79 Å². The number of hydrogen-bond acceptors (Lipinski definition) is 7. The van der Waals surface area contributed by atoms with Crippen LogP contribution < -0.4 is 14.8 Å². The van der Waals surface area contributed by atoms with Crippen LogP contribution in [0.3, 0.4) is 0 Å². The molecule has 0 amide bonds. The average molecular weight is 492 g/mol. The molecule has 0 radical (unpaired) electrons. The number of rotatable bonds is 5. The second kappa shape index (κ2) is 8.31. The maximum absolute atomic E-state index is 13.3. The molecule has 1 atom stereocenters. The lowest BCUT2D eigenvalue weighted by atomic mass is 9.68. The van der Waals surface area contributed by atoms with Crippen LogP contribution in [0.15, 0.2) is 39.1 Å². The molecule has 1 N–H and O–H groups in total. The highest BCUT2D eigenvalue weighted by atomic mass is 79.9. The number of benzene rings is 1. The molecule has 0 aromatic heterocycles. The molecular weight excluding hydrogens is 466 g/mol. The van der Waals surface area contributed by atoms with Crippen LogP contribution in [0.5, 0.6) is 11.5 Å². The van der Waals surface area contributed by atoms with Crippen molar-refractivity contribution < 1.29 is 28.5 Å². The Balaban J connectivity index is 1.84. The smallest absolute Gasteiger partial charge is 0.336 e. The van der Waals surface area contributed by atoms with Crippen molar-refractivity contribution in [1.82, 2.24) is 5.32 Å². The van der Waals surface area contributed by atoms with Crippen LogP contribution in [-0.4, -0.2) is 38.9 Å². The number of ether oxygens (including phenoxy) is 4. The number of carbonyl (C=O) groups excluding carboxylic acids is 2. The first-order valence-corrected chi connectivity index (χ1v) is 11.0. The highest BCUT2D eigenvalue weighted by Crippen LogP contribution is 2.50. The van der Waals surface area contributed by atoms with Gasteiger partial charge < -0.3 is 24.3 Å². The molecule has 0 saturated carbocycles. The van der Waals surface area contributed by atoms with Crippen molar-refractivity contribution in [3.63, 3.8) is 0 Å². The monoisotopic (exact) mass is 491 g/mol. The number of halogens is 1. The van der Waals surface area contributed by atoms with Gasteiger partial charge in [-0.25, -0.2) is 4.79 Å². The van der Waals surface area contributed by atoms with Gasteiger partial charge in [-0.2, -0.15) is 0 Å². The molecule has 166 valence electrons. The van der Waals surface area contributed by atoms with Crippen LogP contribution in [0.4, 0.5) is 0 Å².